The quantitative estimate of drug-likeness (QED) is 0.575. The molecular weight excluding hydrogens is 462 g/mol. The normalized spacial score (nSPS) is 15.5. The van der Waals surface area contributed by atoms with E-state index in [1.807, 2.05) is 24.3 Å². The monoisotopic (exact) mass is 493 g/mol. The van der Waals surface area contributed by atoms with Crippen molar-refractivity contribution in [3.8, 4) is 5.75 Å². The molecule has 3 rings (SSSR count). The second kappa shape index (κ2) is 11.3. The van der Waals surface area contributed by atoms with Gasteiger partial charge in [0.05, 0.1) is 17.6 Å². The number of nitrogens with one attached hydrogen (secondary N) is 1. The molecule has 2 aromatic rings. The van der Waals surface area contributed by atoms with Crippen LogP contribution in [-0.2, 0) is 16.6 Å². The van der Waals surface area contributed by atoms with Crippen molar-refractivity contribution in [2.75, 3.05) is 33.3 Å². The number of benzene rings is 2. The van der Waals surface area contributed by atoms with Crippen LogP contribution >= 0.6 is 11.6 Å². The van der Waals surface area contributed by atoms with Gasteiger partial charge in [0.15, 0.2) is 0 Å². The van der Waals surface area contributed by atoms with E-state index in [0.29, 0.717) is 18.8 Å². The van der Waals surface area contributed by atoms with Crippen LogP contribution in [0.1, 0.15) is 42.6 Å². The molecule has 1 amide bonds. The Bertz CT molecular complexity index is 1050. The highest BCUT2D eigenvalue weighted by Crippen LogP contribution is 2.25. The molecule has 2 aromatic carbocycles. The van der Waals surface area contributed by atoms with Gasteiger partial charge in [0.1, 0.15) is 5.75 Å². The zero-order chi connectivity index (χ0) is 24.0. The molecule has 0 bridgehead atoms. The van der Waals surface area contributed by atoms with Gasteiger partial charge in [-0.05, 0) is 48.7 Å². The molecule has 1 aliphatic heterocycles. The molecule has 7 nitrogen and oxygen atoms in total. The first kappa shape index (κ1) is 25.5. The Balaban J connectivity index is 1.66. The Morgan fingerprint density at radius 3 is 2.33 bits per heavy atom. The standard InChI is InChI=1S/C24H32ClN3O4S/c1-4-28(5-2)33(30,31)21-10-11-23(32-3)22(16-21)24(29)26-20-12-14-27(15-13-20)17-18-6-8-19(25)9-7-18/h6-11,16,20H,4-5,12-15,17H2,1-3H3,(H,26,29). The lowest BCUT2D eigenvalue weighted by atomic mass is 10.0. The number of likely N-dealkylation sites (tertiary alicyclic amines) is 1. The lowest BCUT2D eigenvalue weighted by Crippen LogP contribution is -2.44. The van der Waals surface area contributed by atoms with Crippen molar-refractivity contribution in [2.45, 2.75) is 44.2 Å². The second-order valence-corrected chi connectivity index (χ2v) is 10.5. The largest absolute Gasteiger partial charge is 0.496 e. The predicted molar refractivity (Wildman–Crippen MR) is 130 cm³/mol. The van der Waals surface area contributed by atoms with Crippen molar-refractivity contribution in [3.05, 3.63) is 58.6 Å². The minimum atomic E-state index is -3.67. The smallest absolute Gasteiger partial charge is 0.255 e. The van der Waals surface area contributed by atoms with Crippen molar-refractivity contribution >= 4 is 27.5 Å². The molecular formula is C24H32ClN3O4S. The van der Waals surface area contributed by atoms with E-state index in [-0.39, 0.29) is 22.4 Å². The summed E-state index contributed by atoms with van der Waals surface area (Å²) in [5.41, 5.74) is 1.44. The molecule has 180 valence electrons. The van der Waals surface area contributed by atoms with Crippen molar-refractivity contribution in [1.82, 2.24) is 14.5 Å². The zero-order valence-electron chi connectivity index (χ0n) is 19.4. The lowest BCUT2D eigenvalue weighted by molar-refractivity contribution is 0.0905. The molecule has 0 atom stereocenters. The molecule has 1 heterocycles. The Morgan fingerprint density at radius 1 is 1.12 bits per heavy atom. The number of halogens is 1. The number of methoxy groups -OCH3 is 1. The van der Waals surface area contributed by atoms with E-state index in [2.05, 4.69) is 10.2 Å². The van der Waals surface area contributed by atoms with Crippen LogP contribution in [0.3, 0.4) is 0 Å². The van der Waals surface area contributed by atoms with Gasteiger partial charge in [-0.2, -0.15) is 4.31 Å². The van der Waals surface area contributed by atoms with Crippen LogP contribution < -0.4 is 10.1 Å². The van der Waals surface area contributed by atoms with Crippen LogP contribution in [0.4, 0.5) is 0 Å². The maximum absolute atomic E-state index is 13.1. The van der Waals surface area contributed by atoms with Gasteiger partial charge in [-0.1, -0.05) is 37.6 Å². The summed E-state index contributed by atoms with van der Waals surface area (Å²) in [5, 5.41) is 3.79. The van der Waals surface area contributed by atoms with E-state index in [4.69, 9.17) is 16.3 Å². The van der Waals surface area contributed by atoms with E-state index < -0.39 is 10.0 Å². The average molecular weight is 494 g/mol. The molecule has 1 saturated heterocycles. The maximum Gasteiger partial charge on any atom is 0.255 e. The van der Waals surface area contributed by atoms with Crippen LogP contribution in [0, 0.1) is 0 Å². The second-order valence-electron chi connectivity index (χ2n) is 8.10. The first-order chi connectivity index (χ1) is 15.8. The molecule has 1 N–H and O–H groups in total. The van der Waals surface area contributed by atoms with E-state index >= 15 is 0 Å². The molecule has 0 aliphatic carbocycles. The summed E-state index contributed by atoms with van der Waals surface area (Å²) in [4.78, 5) is 15.5. The van der Waals surface area contributed by atoms with Crippen LogP contribution in [0.15, 0.2) is 47.4 Å². The Labute approximate surface area is 201 Å². The third-order valence-electron chi connectivity index (χ3n) is 6.00. The number of hydrogen-bond acceptors (Lipinski definition) is 5. The van der Waals surface area contributed by atoms with E-state index in [9.17, 15) is 13.2 Å². The van der Waals surface area contributed by atoms with Crippen LogP contribution in [-0.4, -0.2) is 62.9 Å². The lowest BCUT2D eigenvalue weighted by Gasteiger charge is -2.32. The predicted octanol–water partition coefficient (Wildman–Crippen LogP) is 3.77. The number of sulfonamides is 1. The third-order valence-corrected chi connectivity index (χ3v) is 8.30. The number of ether oxygens (including phenoxy) is 1. The van der Waals surface area contributed by atoms with Gasteiger partial charge in [0, 0.05) is 43.8 Å². The minimum Gasteiger partial charge on any atom is -0.496 e. The molecule has 1 fully saturated rings. The van der Waals surface area contributed by atoms with Gasteiger partial charge in [-0.3, -0.25) is 9.69 Å². The average Bonchev–Trinajstić information content (AvgIpc) is 2.82. The van der Waals surface area contributed by atoms with Crippen molar-refractivity contribution in [1.29, 1.82) is 0 Å². The minimum absolute atomic E-state index is 0.0201. The Morgan fingerprint density at radius 2 is 1.76 bits per heavy atom. The number of hydrogen-bond donors (Lipinski definition) is 1. The molecule has 33 heavy (non-hydrogen) atoms. The molecule has 0 aromatic heterocycles. The molecule has 0 radical (unpaired) electrons. The van der Waals surface area contributed by atoms with Gasteiger partial charge in [-0.15, -0.1) is 0 Å². The first-order valence-electron chi connectivity index (χ1n) is 11.2. The Hall–Kier alpha value is -2.13. The number of piperidine rings is 1. The summed E-state index contributed by atoms with van der Waals surface area (Å²) in [7, 11) is -2.20. The number of rotatable bonds is 9. The molecule has 0 spiro atoms. The summed E-state index contributed by atoms with van der Waals surface area (Å²) >= 11 is 5.96. The zero-order valence-corrected chi connectivity index (χ0v) is 21.0. The highest BCUT2D eigenvalue weighted by Gasteiger charge is 2.26. The summed E-state index contributed by atoms with van der Waals surface area (Å²) in [6, 6.07) is 12.3. The number of carbonyl (C=O) groups is 1. The highest BCUT2D eigenvalue weighted by atomic mass is 35.5. The van der Waals surface area contributed by atoms with Crippen LogP contribution in [0.25, 0.3) is 0 Å². The topological polar surface area (TPSA) is 78.9 Å². The number of carbonyl (C=O) groups excluding carboxylic acids is 1. The third kappa shape index (κ3) is 6.26. The van der Waals surface area contributed by atoms with Crippen LogP contribution in [0.5, 0.6) is 5.75 Å². The molecule has 1 aliphatic rings. The first-order valence-corrected chi connectivity index (χ1v) is 13.1. The van der Waals surface area contributed by atoms with E-state index in [1.165, 1.54) is 29.1 Å². The van der Waals surface area contributed by atoms with Crippen LogP contribution in [0.2, 0.25) is 5.02 Å². The molecule has 9 heteroatoms. The van der Waals surface area contributed by atoms with Gasteiger partial charge < -0.3 is 10.1 Å². The number of nitrogens with zero attached hydrogens (tertiary/aromatic N) is 2. The Kier molecular flexibility index (Phi) is 8.75. The summed E-state index contributed by atoms with van der Waals surface area (Å²) in [6.07, 6.45) is 1.64. The van der Waals surface area contributed by atoms with Crippen molar-refractivity contribution < 1.29 is 17.9 Å². The van der Waals surface area contributed by atoms with Gasteiger partial charge >= 0.3 is 0 Å². The maximum atomic E-state index is 13.1. The summed E-state index contributed by atoms with van der Waals surface area (Å²) in [5.74, 6) is 0.0331. The SMILES string of the molecule is CCN(CC)S(=O)(=O)c1ccc(OC)c(C(=O)NC2CCN(Cc3ccc(Cl)cc3)CC2)c1. The summed E-state index contributed by atoms with van der Waals surface area (Å²) in [6.45, 7) is 6.87. The molecule has 0 unspecified atom stereocenters. The number of amides is 1. The summed E-state index contributed by atoms with van der Waals surface area (Å²) < 4.78 is 32.5. The fraction of sp³-hybridized carbons (Fsp3) is 0.458. The fourth-order valence-corrected chi connectivity index (χ4v) is 5.69. The molecule has 0 saturated carbocycles. The van der Waals surface area contributed by atoms with Crippen molar-refractivity contribution in [2.24, 2.45) is 0 Å². The highest BCUT2D eigenvalue weighted by molar-refractivity contribution is 7.89. The van der Waals surface area contributed by atoms with Crippen molar-refractivity contribution in [3.63, 3.8) is 0 Å². The van der Waals surface area contributed by atoms with E-state index in [1.54, 1.807) is 19.9 Å². The van der Waals surface area contributed by atoms with Gasteiger partial charge in [0.2, 0.25) is 10.0 Å². The fourth-order valence-electron chi connectivity index (χ4n) is 4.08. The van der Waals surface area contributed by atoms with Gasteiger partial charge in [-0.25, -0.2) is 8.42 Å². The van der Waals surface area contributed by atoms with E-state index in [0.717, 1.165) is 37.5 Å². The van der Waals surface area contributed by atoms with Gasteiger partial charge in [0.25, 0.3) is 5.91 Å².